The molecule has 6 nitrogen and oxygen atoms in total. The van der Waals surface area contributed by atoms with Gasteiger partial charge in [0, 0.05) is 37.2 Å². The normalized spacial score (nSPS) is 22.6. The monoisotopic (exact) mass is 367 g/mol. The molecule has 25 heavy (non-hydrogen) atoms. The molecule has 2 fully saturated rings. The van der Waals surface area contributed by atoms with Crippen molar-refractivity contribution in [2.24, 2.45) is 11.7 Å². The van der Waals surface area contributed by atoms with E-state index in [0.29, 0.717) is 30.8 Å². The van der Waals surface area contributed by atoms with E-state index >= 15 is 0 Å². The first-order valence-electron chi connectivity index (χ1n) is 8.62. The summed E-state index contributed by atoms with van der Waals surface area (Å²) in [6, 6.07) is 5.55. The molecule has 0 spiro atoms. The highest BCUT2D eigenvalue weighted by Gasteiger charge is 2.27. The number of nitrogens with zero attached hydrogens (tertiary/aromatic N) is 1. The van der Waals surface area contributed by atoms with Gasteiger partial charge in [-0.2, -0.15) is 0 Å². The molecule has 3 rings (SSSR count). The fourth-order valence-corrected chi connectivity index (χ4v) is 3.65. The van der Waals surface area contributed by atoms with Crippen molar-refractivity contribution >= 4 is 35.6 Å². The summed E-state index contributed by atoms with van der Waals surface area (Å²) in [6.07, 6.45) is 5.02. The van der Waals surface area contributed by atoms with Crippen molar-refractivity contribution in [3.05, 3.63) is 18.2 Å². The highest BCUT2D eigenvalue weighted by Crippen LogP contribution is 2.34. The van der Waals surface area contributed by atoms with Crippen LogP contribution in [0.1, 0.15) is 38.5 Å². The molecule has 2 aliphatic rings. The van der Waals surface area contributed by atoms with Gasteiger partial charge in [0.15, 0.2) is 0 Å². The third-order valence-electron chi connectivity index (χ3n) is 4.99. The lowest BCUT2D eigenvalue weighted by Gasteiger charge is -2.20. The van der Waals surface area contributed by atoms with E-state index in [1.165, 1.54) is 0 Å². The molecule has 0 radical (unpaired) electrons. The lowest BCUT2D eigenvalue weighted by molar-refractivity contribution is -0.117. The number of hydrogen-bond acceptors (Lipinski definition) is 4. The molecule has 3 N–H and O–H groups in total. The van der Waals surface area contributed by atoms with E-state index in [0.717, 1.165) is 31.4 Å². The number of benzene rings is 1. The second-order valence-electron chi connectivity index (χ2n) is 6.64. The van der Waals surface area contributed by atoms with E-state index < -0.39 is 0 Å². The zero-order valence-electron chi connectivity index (χ0n) is 14.5. The lowest BCUT2D eigenvalue weighted by Crippen LogP contribution is -2.28. The zero-order chi connectivity index (χ0) is 17.1. The molecular weight excluding hydrogens is 342 g/mol. The minimum absolute atomic E-state index is 0. The van der Waals surface area contributed by atoms with Gasteiger partial charge >= 0.3 is 0 Å². The van der Waals surface area contributed by atoms with Crippen LogP contribution in [0.25, 0.3) is 0 Å². The van der Waals surface area contributed by atoms with E-state index in [1.807, 2.05) is 12.1 Å². The van der Waals surface area contributed by atoms with Gasteiger partial charge in [-0.05, 0) is 37.3 Å². The molecule has 1 saturated carbocycles. The van der Waals surface area contributed by atoms with Gasteiger partial charge in [-0.1, -0.05) is 6.42 Å². The summed E-state index contributed by atoms with van der Waals surface area (Å²) in [7, 11) is 1.57. The van der Waals surface area contributed by atoms with E-state index in [9.17, 15) is 9.59 Å². The van der Waals surface area contributed by atoms with Crippen LogP contribution in [-0.4, -0.2) is 31.5 Å². The molecule has 2 atom stereocenters. The Hall–Kier alpha value is -1.79. The maximum atomic E-state index is 12.2. The fourth-order valence-electron chi connectivity index (χ4n) is 3.65. The molecule has 1 aromatic carbocycles. The number of nitrogens with two attached hydrogens (primary N) is 1. The van der Waals surface area contributed by atoms with Crippen molar-refractivity contribution in [2.45, 2.75) is 44.6 Å². The molecule has 1 heterocycles. The van der Waals surface area contributed by atoms with Gasteiger partial charge in [0.05, 0.1) is 12.8 Å². The Balaban J connectivity index is 0.00000225. The summed E-state index contributed by atoms with van der Waals surface area (Å²) in [5.41, 5.74) is 7.47. The van der Waals surface area contributed by atoms with Gasteiger partial charge in [-0.25, -0.2) is 0 Å². The topological polar surface area (TPSA) is 84.7 Å². The van der Waals surface area contributed by atoms with E-state index in [-0.39, 0.29) is 36.2 Å². The molecule has 1 aliphatic carbocycles. The van der Waals surface area contributed by atoms with E-state index in [1.54, 1.807) is 18.1 Å². The largest absolute Gasteiger partial charge is 0.494 e. The van der Waals surface area contributed by atoms with E-state index in [2.05, 4.69) is 5.32 Å². The van der Waals surface area contributed by atoms with Crippen LogP contribution < -0.4 is 20.7 Å². The third-order valence-corrected chi connectivity index (χ3v) is 4.99. The molecular formula is C18H26ClN3O3. The minimum atomic E-state index is -0.0237. The van der Waals surface area contributed by atoms with Crippen LogP contribution in [0, 0.1) is 5.92 Å². The first kappa shape index (κ1) is 19.5. The number of carbonyl (C=O) groups excluding carboxylic acids is 2. The Morgan fingerprint density at radius 3 is 2.76 bits per heavy atom. The third kappa shape index (κ3) is 4.44. The molecule has 138 valence electrons. The number of ether oxygens (including phenoxy) is 1. The Labute approximate surface area is 154 Å². The molecule has 1 aliphatic heterocycles. The van der Waals surface area contributed by atoms with Gasteiger partial charge in [0.1, 0.15) is 5.75 Å². The molecule has 1 saturated heterocycles. The van der Waals surface area contributed by atoms with Crippen molar-refractivity contribution in [2.75, 3.05) is 23.9 Å². The Morgan fingerprint density at radius 2 is 2.16 bits per heavy atom. The SMILES string of the molecule is COc1cc(NC(=O)C[C@@H]2CCC[C@H]2N)ccc1N1CCCC1=O.Cl. The molecule has 1 aromatic rings. The zero-order valence-corrected chi connectivity index (χ0v) is 15.3. The van der Waals surface area contributed by atoms with Crippen LogP contribution in [0.3, 0.4) is 0 Å². The summed E-state index contributed by atoms with van der Waals surface area (Å²) in [6.45, 7) is 0.709. The van der Waals surface area contributed by atoms with Crippen molar-refractivity contribution in [3.63, 3.8) is 0 Å². The summed E-state index contributed by atoms with van der Waals surface area (Å²) < 4.78 is 5.41. The second kappa shape index (κ2) is 8.54. The number of halogens is 1. The number of amides is 2. The minimum Gasteiger partial charge on any atom is -0.494 e. The standard InChI is InChI=1S/C18H25N3O3.ClH/c1-24-16-11-13(7-8-15(16)21-9-3-6-18(21)23)20-17(22)10-12-4-2-5-14(12)19;/h7-8,11-12,14H,2-6,9-10,19H2,1H3,(H,20,22);1H/t12-,14+;/m0./s1. The second-order valence-corrected chi connectivity index (χ2v) is 6.64. The summed E-state index contributed by atoms with van der Waals surface area (Å²) in [5, 5.41) is 2.92. The van der Waals surface area contributed by atoms with Gasteiger partial charge in [0.2, 0.25) is 11.8 Å². The van der Waals surface area contributed by atoms with Gasteiger partial charge in [0.25, 0.3) is 0 Å². The maximum Gasteiger partial charge on any atom is 0.227 e. The quantitative estimate of drug-likeness (QED) is 0.837. The predicted octanol–water partition coefficient (Wildman–Crippen LogP) is 2.70. The molecule has 0 unspecified atom stereocenters. The molecule has 2 amide bonds. The summed E-state index contributed by atoms with van der Waals surface area (Å²) in [5.74, 6) is 0.957. The average Bonchev–Trinajstić information content (AvgIpc) is 3.16. The van der Waals surface area contributed by atoms with Crippen LogP contribution in [0.2, 0.25) is 0 Å². The van der Waals surface area contributed by atoms with Gasteiger partial charge < -0.3 is 20.7 Å². The predicted molar refractivity (Wildman–Crippen MR) is 100 cm³/mol. The number of anilines is 2. The van der Waals surface area contributed by atoms with Crippen molar-refractivity contribution in [1.82, 2.24) is 0 Å². The van der Waals surface area contributed by atoms with E-state index in [4.69, 9.17) is 10.5 Å². The Bertz CT molecular complexity index is 638. The highest BCUT2D eigenvalue weighted by atomic mass is 35.5. The lowest BCUT2D eigenvalue weighted by atomic mass is 10.00. The first-order chi connectivity index (χ1) is 11.6. The van der Waals surface area contributed by atoms with Crippen molar-refractivity contribution < 1.29 is 14.3 Å². The smallest absolute Gasteiger partial charge is 0.227 e. The van der Waals surface area contributed by atoms with Crippen LogP contribution in [0.15, 0.2) is 18.2 Å². The average molecular weight is 368 g/mol. The number of rotatable bonds is 5. The van der Waals surface area contributed by atoms with Crippen LogP contribution in [0.4, 0.5) is 11.4 Å². The summed E-state index contributed by atoms with van der Waals surface area (Å²) >= 11 is 0. The van der Waals surface area contributed by atoms with Gasteiger partial charge in [-0.15, -0.1) is 12.4 Å². The number of methoxy groups -OCH3 is 1. The first-order valence-corrected chi connectivity index (χ1v) is 8.62. The summed E-state index contributed by atoms with van der Waals surface area (Å²) in [4.78, 5) is 25.9. The molecule has 0 aromatic heterocycles. The Kier molecular flexibility index (Phi) is 6.67. The maximum absolute atomic E-state index is 12.2. The number of carbonyl (C=O) groups is 2. The van der Waals surface area contributed by atoms with Crippen molar-refractivity contribution in [3.8, 4) is 5.75 Å². The number of nitrogens with one attached hydrogen (secondary N) is 1. The van der Waals surface area contributed by atoms with Crippen molar-refractivity contribution in [1.29, 1.82) is 0 Å². The van der Waals surface area contributed by atoms with Gasteiger partial charge in [-0.3, -0.25) is 9.59 Å². The fraction of sp³-hybridized carbons (Fsp3) is 0.556. The van der Waals surface area contributed by atoms with Crippen LogP contribution >= 0.6 is 12.4 Å². The molecule has 0 bridgehead atoms. The van der Waals surface area contributed by atoms with Crippen LogP contribution in [-0.2, 0) is 9.59 Å². The van der Waals surface area contributed by atoms with Crippen LogP contribution in [0.5, 0.6) is 5.75 Å². The molecule has 7 heteroatoms. The highest BCUT2D eigenvalue weighted by molar-refractivity contribution is 5.98. The number of hydrogen-bond donors (Lipinski definition) is 2. The Morgan fingerprint density at radius 1 is 1.36 bits per heavy atom.